The van der Waals surface area contributed by atoms with Crippen molar-refractivity contribution in [3.8, 4) is 0 Å². The van der Waals surface area contributed by atoms with Gasteiger partial charge >= 0.3 is 0 Å². The third-order valence-corrected chi connectivity index (χ3v) is 4.30. The normalized spacial score (nSPS) is 18.8. The summed E-state index contributed by atoms with van der Waals surface area (Å²) in [6.07, 6.45) is 8.19. The molecule has 0 aromatic heterocycles. The van der Waals surface area contributed by atoms with Gasteiger partial charge in [-0.3, -0.25) is 0 Å². The van der Waals surface area contributed by atoms with E-state index in [9.17, 15) is 8.78 Å². The van der Waals surface area contributed by atoms with Crippen LogP contribution in [-0.2, 0) is 0 Å². The molecule has 1 aliphatic rings. The Labute approximate surface area is 112 Å². The summed E-state index contributed by atoms with van der Waals surface area (Å²) < 4.78 is 26.6. The van der Waals surface area contributed by atoms with Gasteiger partial charge in [-0.25, -0.2) is 8.78 Å². The number of alkyl halides is 1. The van der Waals surface area contributed by atoms with Crippen LogP contribution in [0, 0.1) is 17.6 Å². The van der Waals surface area contributed by atoms with Gasteiger partial charge in [0.2, 0.25) is 0 Å². The molecule has 0 bridgehead atoms. The summed E-state index contributed by atoms with van der Waals surface area (Å²) in [5.74, 6) is -0.105. The molecular weight excluding hydrogens is 254 g/mol. The van der Waals surface area contributed by atoms with Crippen molar-refractivity contribution in [2.45, 2.75) is 50.3 Å². The Morgan fingerprint density at radius 2 is 1.89 bits per heavy atom. The zero-order valence-electron chi connectivity index (χ0n) is 10.5. The van der Waals surface area contributed by atoms with E-state index in [0.717, 1.165) is 30.9 Å². The smallest absolute Gasteiger partial charge is 0.128 e. The van der Waals surface area contributed by atoms with Crippen molar-refractivity contribution in [3.05, 3.63) is 35.4 Å². The van der Waals surface area contributed by atoms with Crippen molar-refractivity contribution in [1.82, 2.24) is 0 Å². The number of benzene rings is 1. The first-order valence-electron chi connectivity index (χ1n) is 6.76. The molecule has 1 atom stereocenters. The van der Waals surface area contributed by atoms with E-state index >= 15 is 0 Å². The number of halogens is 3. The molecule has 0 aliphatic heterocycles. The van der Waals surface area contributed by atoms with E-state index in [2.05, 4.69) is 0 Å². The van der Waals surface area contributed by atoms with E-state index in [4.69, 9.17) is 11.6 Å². The number of rotatable bonds is 4. The monoisotopic (exact) mass is 272 g/mol. The molecule has 3 heteroatoms. The highest BCUT2D eigenvalue weighted by atomic mass is 35.5. The second-order valence-electron chi connectivity index (χ2n) is 5.21. The Morgan fingerprint density at radius 3 is 2.61 bits per heavy atom. The largest absolute Gasteiger partial charge is 0.207 e. The molecule has 1 unspecified atom stereocenters. The summed E-state index contributed by atoms with van der Waals surface area (Å²) in [6, 6.07) is 3.50. The van der Waals surface area contributed by atoms with Crippen molar-refractivity contribution < 1.29 is 8.78 Å². The highest BCUT2D eigenvalue weighted by Crippen LogP contribution is 2.34. The first-order chi connectivity index (χ1) is 8.66. The van der Waals surface area contributed by atoms with Crippen LogP contribution in [0.4, 0.5) is 8.78 Å². The third kappa shape index (κ3) is 3.68. The summed E-state index contributed by atoms with van der Waals surface area (Å²) in [5, 5.41) is -0.414. The minimum atomic E-state index is -0.422. The van der Waals surface area contributed by atoms with E-state index in [1.165, 1.54) is 38.2 Å². The van der Waals surface area contributed by atoms with Gasteiger partial charge in [0.15, 0.2) is 0 Å². The van der Waals surface area contributed by atoms with Gasteiger partial charge in [0, 0.05) is 5.56 Å². The van der Waals surface area contributed by atoms with Crippen molar-refractivity contribution >= 4 is 11.6 Å². The van der Waals surface area contributed by atoms with Gasteiger partial charge in [-0.05, 0) is 37.0 Å². The van der Waals surface area contributed by atoms with E-state index in [1.807, 2.05) is 0 Å². The summed E-state index contributed by atoms with van der Waals surface area (Å²) in [5.41, 5.74) is 0.299. The molecule has 0 spiro atoms. The van der Waals surface area contributed by atoms with Crippen LogP contribution in [0.25, 0.3) is 0 Å². The van der Waals surface area contributed by atoms with E-state index < -0.39 is 17.0 Å². The zero-order chi connectivity index (χ0) is 13.0. The first-order valence-corrected chi connectivity index (χ1v) is 7.19. The number of hydrogen-bond acceptors (Lipinski definition) is 0. The van der Waals surface area contributed by atoms with Crippen LogP contribution in [0.15, 0.2) is 18.2 Å². The molecule has 0 saturated heterocycles. The van der Waals surface area contributed by atoms with Gasteiger partial charge in [0.1, 0.15) is 11.6 Å². The van der Waals surface area contributed by atoms with Gasteiger partial charge < -0.3 is 0 Å². The molecule has 1 aliphatic carbocycles. The lowest BCUT2D eigenvalue weighted by Crippen LogP contribution is -2.07. The molecule has 2 rings (SSSR count). The SMILES string of the molecule is Fc1ccc(F)c(C(Cl)CCC2CCCCC2)c1. The molecule has 1 aromatic carbocycles. The van der Waals surface area contributed by atoms with Crippen molar-refractivity contribution in [3.63, 3.8) is 0 Å². The minimum Gasteiger partial charge on any atom is -0.207 e. The van der Waals surface area contributed by atoms with Crippen LogP contribution in [-0.4, -0.2) is 0 Å². The second-order valence-corrected chi connectivity index (χ2v) is 5.74. The molecule has 0 amide bonds. The van der Waals surface area contributed by atoms with Gasteiger partial charge in [-0.2, -0.15) is 0 Å². The van der Waals surface area contributed by atoms with Crippen LogP contribution < -0.4 is 0 Å². The van der Waals surface area contributed by atoms with Crippen LogP contribution in [0.2, 0.25) is 0 Å². The molecule has 1 saturated carbocycles. The highest BCUT2D eigenvalue weighted by molar-refractivity contribution is 6.20. The van der Waals surface area contributed by atoms with Crippen molar-refractivity contribution in [2.24, 2.45) is 5.92 Å². The fourth-order valence-corrected chi connectivity index (χ4v) is 3.06. The molecular formula is C15H19ClF2. The summed E-state index contributed by atoms with van der Waals surface area (Å²) >= 11 is 6.20. The first kappa shape index (κ1) is 13.8. The molecule has 0 nitrogen and oxygen atoms in total. The molecule has 1 fully saturated rings. The Hall–Kier alpha value is -0.630. The fourth-order valence-electron chi connectivity index (χ4n) is 2.77. The average molecular weight is 273 g/mol. The number of hydrogen-bond donors (Lipinski definition) is 0. The van der Waals surface area contributed by atoms with Crippen molar-refractivity contribution in [1.29, 1.82) is 0 Å². The van der Waals surface area contributed by atoms with E-state index in [-0.39, 0.29) is 0 Å². The Bertz CT molecular complexity index is 386. The van der Waals surface area contributed by atoms with Crippen molar-refractivity contribution in [2.75, 3.05) is 0 Å². The molecule has 0 N–H and O–H groups in total. The summed E-state index contributed by atoms with van der Waals surface area (Å²) in [6.45, 7) is 0. The van der Waals surface area contributed by atoms with Gasteiger partial charge in [-0.15, -0.1) is 11.6 Å². The lowest BCUT2D eigenvalue weighted by atomic mass is 9.85. The van der Waals surface area contributed by atoms with Crippen LogP contribution in [0.3, 0.4) is 0 Å². The van der Waals surface area contributed by atoms with Gasteiger partial charge in [-0.1, -0.05) is 32.1 Å². The highest BCUT2D eigenvalue weighted by Gasteiger charge is 2.18. The summed E-state index contributed by atoms with van der Waals surface area (Å²) in [7, 11) is 0. The molecule has 0 heterocycles. The van der Waals surface area contributed by atoms with Crippen LogP contribution >= 0.6 is 11.6 Å². The van der Waals surface area contributed by atoms with Crippen LogP contribution in [0.1, 0.15) is 55.9 Å². The Balaban J connectivity index is 1.90. The standard InChI is InChI=1S/C15H19ClF2/c16-14(8-6-11-4-2-1-3-5-11)13-10-12(17)7-9-15(13)18/h7,9-11,14H,1-6,8H2. The Kier molecular flexibility index (Phi) is 4.99. The maximum atomic E-state index is 13.5. The quantitative estimate of drug-likeness (QED) is 0.625. The maximum Gasteiger partial charge on any atom is 0.128 e. The molecule has 18 heavy (non-hydrogen) atoms. The van der Waals surface area contributed by atoms with Crippen LogP contribution in [0.5, 0.6) is 0 Å². The predicted molar refractivity (Wildman–Crippen MR) is 70.8 cm³/mol. The zero-order valence-corrected chi connectivity index (χ0v) is 11.2. The second kappa shape index (κ2) is 6.51. The predicted octanol–water partition coefficient (Wildman–Crippen LogP) is 5.61. The van der Waals surface area contributed by atoms with E-state index in [1.54, 1.807) is 0 Å². The molecule has 0 radical (unpaired) electrons. The molecule has 100 valence electrons. The topological polar surface area (TPSA) is 0 Å². The Morgan fingerprint density at radius 1 is 1.17 bits per heavy atom. The lowest BCUT2D eigenvalue weighted by molar-refractivity contribution is 0.330. The minimum absolute atomic E-state index is 0.299. The average Bonchev–Trinajstić information content (AvgIpc) is 2.40. The lowest BCUT2D eigenvalue weighted by Gasteiger charge is -2.22. The third-order valence-electron chi connectivity index (χ3n) is 3.85. The maximum absolute atomic E-state index is 13.5. The molecule has 1 aromatic rings. The summed E-state index contributed by atoms with van der Waals surface area (Å²) in [4.78, 5) is 0. The van der Waals surface area contributed by atoms with Gasteiger partial charge in [0.25, 0.3) is 0 Å². The van der Waals surface area contributed by atoms with Gasteiger partial charge in [0.05, 0.1) is 5.38 Å². The van der Waals surface area contributed by atoms with E-state index in [0.29, 0.717) is 5.56 Å². The fraction of sp³-hybridized carbons (Fsp3) is 0.600.